The highest BCUT2D eigenvalue weighted by atomic mass is 16.7. The largest absolute Gasteiger partial charge is 0.468 e. The fourth-order valence-corrected chi connectivity index (χ4v) is 4.71. The molecule has 1 aliphatic carbocycles. The van der Waals surface area contributed by atoms with Crippen LogP contribution in [-0.4, -0.2) is 37.7 Å². The number of hydrogen-bond donors (Lipinski definition) is 1. The maximum absolute atomic E-state index is 13.7. The number of allylic oxidation sites excluding steroid dienone is 3. The molecule has 0 saturated heterocycles. The van der Waals surface area contributed by atoms with Crippen LogP contribution in [0.3, 0.4) is 0 Å². The zero-order chi connectivity index (χ0) is 23.9. The van der Waals surface area contributed by atoms with E-state index in [4.69, 9.17) is 18.9 Å². The molecule has 0 fully saturated rings. The lowest BCUT2D eigenvalue weighted by Crippen LogP contribution is -2.43. The normalized spacial score (nSPS) is 24.8. The molecule has 8 heteroatoms. The monoisotopic (exact) mass is 455 g/mol. The first-order chi connectivity index (χ1) is 15.8. The van der Waals surface area contributed by atoms with Crippen LogP contribution in [0.5, 0.6) is 11.5 Å². The Morgan fingerprint density at radius 1 is 1.24 bits per heavy atom. The second-order valence-corrected chi connectivity index (χ2v) is 8.77. The van der Waals surface area contributed by atoms with Crippen molar-refractivity contribution in [3.8, 4) is 11.5 Å². The van der Waals surface area contributed by atoms with Crippen LogP contribution in [0.15, 0.2) is 40.7 Å². The summed E-state index contributed by atoms with van der Waals surface area (Å²) >= 11 is 0. The van der Waals surface area contributed by atoms with E-state index in [1.54, 1.807) is 19.1 Å². The van der Waals surface area contributed by atoms with Crippen LogP contribution in [0.4, 0.5) is 0 Å². The summed E-state index contributed by atoms with van der Waals surface area (Å²) < 4.78 is 21.6. The topological polar surface area (TPSA) is 100 Å². The maximum atomic E-state index is 13.7. The van der Waals surface area contributed by atoms with Gasteiger partial charge in [-0.1, -0.05) is 19.9 Å². The molecule has 4 atom stereocenters. The van der Waals surface area contributed by atoms with Crippen molar-refractivity contribution in [2.24, 2.45) is 11.8 Å². The second kappa shape index (κ2) is 8.92. The van der Waals surface area contributed by atoms with Crippen LogP contribution in [0.2, 0.25) is 0 Å². The summed E-state index contributed by atoms with van der Waals surface area (Å²) in [7, 11) is 1.28. The first-order valence-electron chi connectivity index (χ1n) is 11.2. The van der Waals surface area contributed by atoms with Crippen molar-refractivity contribution in [3.05, 3.63) is 46.3 Å². The Labute approximate surface area is 192 Å². The number of carbonyl (C=O) groups is 3. The number of ketones is 1. The fraction of sp³-hybridized carbons (Fsp3) is 0.480. The first kappa shape index (κ1) is 22.9. The highest BCUT2D eigenvalue weighted by Crippen LogP contribution is 2.47. The minimum atomic E-state index is -0.933. The molecule has 4 rings (SSSR count). The molecule has 0 aromatic heterocycles. The SMILES string of the molecule is CC[C@@H](C)OC(=O)C1=C(C)NC2=C(C(=O)[C@H](C(=O)OC)[C@H](C)C2)[C@@H]1c1ccc2c(c1)OCO2. The van der Waals surface area contributed by atoms with Crippen molar-refractivity contribution in [1.82, 2.24) is 5.32 Å². The molecule has 176 valence electrons. The van der Waals surface area contributed by atoms with Crippen LogP contribution in [0.1, 0.15) is 52.0 Å². The predicted octanol–water partition coefficient (Wildman–Crippen LogP) is 3.37. The number of hydrogen-bond acceptors (Lipinski definition) is 8. The van der Waals surface area contributed by atoms with Gasteiger partial charge in [-0.15, -0.1) is 0 Å². The number of ether oxygens (including phenoxy) is 4. The third kappa shape index (κ3) is 3.98. The third-order valence-corrected chi connectivity index (χ3v) is 6.58. The Morgan fingerprint density at radius 3 is 2.67 bits per heavy atom. The van der Waals surface area contributed by atoms with Gasteiger partial charge < -0.3 is 24.3 Å². The Bertz CT molecular complexity index is 1070. The fourth-order valence-electron chi connectivity index (χ4n) is 4.71. The molecule has 33 heavy (non-hydrogen) atoms. The maximum Gasteiger partial charge on any atom is 0.337 e. The van der Waals surface area contributed by atoms with E-state index in [2.05, 4.69) is 5.32 Å². The lowest BCUT2D eigenvalue weighted by Gasteiger charge is -2.38. The number of benzene rings is 1. The van der Waals surface area contributed by atoms with Gasteiger partial charge in [-0.05, 0) is 50.3 Å². The summed E-state index contributed by atoms with van der Waals surface area (Å²) in [4.78, 5) is 39.5. The minimum absolute atomic E-state index is 0.109. The molecular weight excluding hydrogens is 426 g/mol. The predicted molar refractivity (Wildman–Crippen MR) is 118 cm³/mol. The number of nitrogens with one attached hydrogen (secondary N) is 1. The zero-order valence-electron chi connectivity index (χ0n) is 19.5. The molecule has 0 spiro atoms. The third-order valence-electron chi connectivity index (χ3n) is 6.58. The summed E-state index contributed by atoms with van der Waals surface area (Å²) in [6.45, 7) is 7.52. The van der Waals surface area contributed by atoms with Gasteiger partial charge in [0.05, 0.1) is 18.8 Å². The van der Waals surface area contributed by atoms with Crippen molar-refractivity contribution in [2.45, 2.75) is 52.6 Å². The van der Waals surface area contributed by atoms with Crippen molar-refractivity contribution < 1.29 is 33.3 Å². The number of Topliss-reactive ketones (excluding diaryl/α,β-unsaturated/α-hetero) is 1. The van der Waals surface area contributed by atoms with E-state index in [0.29, 0.717) is 52.4 Å². The first-order valence-corrected chi connectivity index (χ1v) is 11.2. The van der Waals surface area contributed by atoms with Crippen LogP contribution in [0.25, 0.3) is 0 Å². The average Bonchev–Trinajstić information content (AvgIpc) is 3.25. The Balaban J connectivity index is 1.85. The number of rotatable bonds is 5. The van der Waals surface area contributed by atoms with Crippen molar-refractivity contribution >= 4 is 17.7 Å². The highest BCUT2D eigenvalue weighted by molar-refractivity contribution is 6.12. The van der Waals surface area contributed by atoms with Crippen LogP contribution < -0.4 is 14.8 Å². The molecule has 0 saturated carbocycles. The van der Waals surface area contributed by atoms with Crippen molar-refractivity contribution in [2.75, 3.05) is 13.9 Å². The summed E-state index contributed by atoms with van der Waals surface area (Å²) in [5.41, 5.74) is 2.77. The molecule has 0 radical (unpaired) electrons. The van der Waals surface area contributed by atoms with Gasteiger partial charge in [-0.25, -0.2) is 4.79 Å². The summed E-state index contributed by atoms with van der Waals surface area (Å²) in [5.74, 6) is -2.15. The number of fused-ring (bicyclic) bond motifs is 1. The average molecular weight is 456 g/mol. The van der Waals surface area contributed by atoms with E-state index >= 15 is 0 Å². The van der Waals surface area contributed by atoms with Crippen LogP contribution in [-0.2, 0) is 23.9 Å². The van der Waals surface area contributed by atoms with Gasteiger partial charge in [0.1, 0.15) is 5.92 Å². The molecule has 0 bridgehead atoms. The van der Waals surface area contributed by atoms with Gasteiger partial charge in [0, 0.05) is 22.9 Å². The van der Waals surface area contributed by atoms with E-state index in [9.17, 15) is 14.4 Å². The number of carbonyl (C=O) groups excluding carboxylic acids is 3. The van der Waals surface area contributed by atoms with E-state index < -0.39 is 23.8 Å². The summed E-state index contributed by atoms with van der Waals surface area (Å²) in [6, 6.07) is 5.36. The van der Waals surface area contributed by atoms with Gasteiger partial charge in [-0.3, -0.25) is 9.59 Å². The number of esters is 2. The summed E-state index contributed by atoms with van der Waals surface area (Å²) in [5, 5.41) is 3.26. The molecule has 2 heterocycles. The lowest BCUT2D eigenvalue weighted by atomic mass is 9.69. The van der Waals surface area contributed by atoms with Gasteiger partial charge in [0.25, 0.3) is 0 Å². The van der Waals surface area contributed by atoms with Gasteiger partial charge in [-0.2, -0.15) is 0 Å². The molecule has 0 amide bonds. The standard InChI is InChI=1S/C25H29NO7/c1-6-13(3)33-25(29)20-14(4)26-16-9-12(2)19(24(28)30-5)23(27)22(16)21(20)15-7-8-17-18(10-15)32-11-31-17/h7-8,10,12-13,19,21,26H,6,9,11H2,1-5H3/t12-,13-,19-,21-/m1/s1. The number of methoxy groups -OCH3 is 1. The van der Waals surface area contributed by atoms with Gasteiger partial charge in [0.2, 0.25) is 6.79 Å². The van der Waals surface area contributed by atoms with Crippen molar-refractivity contribution in [1.29, 1.82) is 0 Å². The Kier molecular flexibility index (Phi) is 6.19. The quantitative estimate of drug-likeness (QED) is 0.533. The zero-order valence-corrected chi connectivity index (χ0v) is 19.5. The molecule has 2 aliphatic heterocycles. The molecule has 1 aromatic carbocycles. The second-order valence-electron chi connectivity index (χ2n) is 8.77. The molecule has 1 N–H and O–H groups in total. The summed E-state index contributed by atoms with van der Waals surface area (Å²) in [6.07, 6.45) is 0.859. The van der Waals surface area contributed by atoms with E-state index in [0.717, 1.165) is 0 Å². The molecule has 8 nitrogen and oxygen atoms in total. The molecule has 1 aromatic rings. The Hall–Kier alpha value is -3.29. The van der Waals surface area contributed by atoms with Crippen molar-refractivity contribution in [3.63, 3.8) is 0 Å². The molecule has 0 unspecified atom stereocenters. The smallest absolute Gasteiger partial charge is 0.337 e. The van der Waals surface area contributed by atoms with E-state index in [1.165, 1.54) is 7.11 Å². The van der Waals surface area contributed by atoms with Crippen LogP contribution in [0, 0.1) is 11.8 Å². The Morgan fingerprint density at radius 2 is 1.97 bits per heavy atom. The van der Waals surface area contributed by atoms with E-state index in [-0.39, 0.29) is 24.6 Å². The number of dihydropyridines is 1. The van der Waals surface area contributed by atoms with Crippen LogP contribution >= 0.6 is 0 Å². The lowest BCUT2D eigenvalue weighted by molar-refractivity contribution is -0.151. The highest BCUT2D eigenvalue weighted by Gasteiger charge is 2.47. The van der Waals surface area contributed by atoms with E-state index in [1.807, 2.05) is 26.8 Å². The molecular formula is C25H29NO7. The van der Waals surface area contributed by atoms with Gasteiger partial charge in [0.15, 0.2) is 17.3 Å². The minimum Gasteiger partial charge on any atom is -0.468 e. The molecule has 3 aliphatic rings. The van der Waals surface area contributed by atoms with Gasteiger partial charge >= 0.3 is 11.9 Å².